The fraction of sp³-hybridized carbons (Fsp3) is 0.0833. The van der Waals surface area contributed by atoms with Crippen molar-refractivity contribution in [3.63, 3.8) is 0 Å². The van der Waals surface area contributed by atoms with Crippen molar-refractivity contribution in [2.24, 2.45) is 5.73 Å². The maximum atomic E-state index is 13.3. The molecule has 0 unspecified atom stereocenters. The van der Waals surface area contributed by atoms with Gasteiger partial charge in [-0.05, 0) is 18.2 Å². The maximum absolute atomic E-state index is 13.3. The lowest BCUT2D eigenvalue weighted by atomic mass is 10.3. The van der Waals surface area contributed by atoms with Crippen LogP contribution < -0.4 is 10.5 Å². The summed E-state index contributed by atoms with van der Waals surface area (Å²) in [6.07, 6.45) is 1.58. The van der Waals surface area contributed by atoms with Gasteiger partial charge in [0.05, 0.1) is 0 Å². The molecule has 1 aromatic carbocycles. The van der Waals surface area contributed by atoms with E-state index in [1.165, 1.54) is 6.07 Å². The van der Waals surface area contributed by atoms with E-state index in [2.05, 4.69) is 4.98 Å². The summed E-state index contributed by atoms with van der Waals surface area (Å²) >= 11 is 0. The molecule has 3 nitrogen and oxygen atoms in total. The van der Waals surface area contributed by atoms with Crippen LogP contribution in [0.5, 0.6) is 11.6 Å². The Bertz CT molecular complexity index is 497. The molecule has 2 rings (SSSR count). The van der Waals surface area contributed by atoms with Crippen LogP contribution >= 0.6 is 24.8 Å². The molecule has 0 bridgehead atoms. The first-order valence-corrected chi connectivity index (χ1v) is 4.87. The Kier molecular flexibility index (Phi) is 7.27. The molecule has 2 aromatic rings. The zero-order valence-corrected chi connectivity index (χ0v) is 11.0. The molecule has 0 atom stereocenters. The first-order chi connectivity index (χ1) is 7.81. The number of benzene rings is 1. The fourth-order valence-corrected chi connectivity index (χ4v) is 1.30. The van der Waals surface area contributed by atoms with Gasteiger partial charge in [-0.2, -0.15) is 0 Å². The molecule has 0 spiro atoms. The molecule has 2 N–H and O–H groups in total. The second kappa shape index (κ2) is 7.87. The Morgan fingerprint density at radius 1 is 1.11 bits per heavy atom. The number of aromatic nitrogens is 1. The minimum absolute atomic E-state index is 0. The molecule has 6 heteroatoms. The van der Waals surface area contributed by atoms with Gasteiger partial charge >= 0.3 is 0 Å². The molecular formula is C12H13Cl2FN2O. The molecule has 0 fully saturated rings. The average Bonchev–Trinajstić information content (AvgIpc) is 2.33. The molecular weight excluding hydrogens is 278 g/mol. The summed E-state index contributed by atoms with van der Waals surface area (Å²) in [4.78, 5) is 4.02. The quantitative estimate of drug-likeness (QED) is 0.943. The predicted octanol–water partition coefficient (Wildman–Crippen LogP) is 3.32. The monoisotopic (exact) mass is 290 g/mol. The zero-order valence-electron chi connectivity index (χ0n) is 9.38. The number of nitrogens with two attached hydrogens (primary N) is 1. The molecule has 18 heavy (non-hydrogen) atoms. The second-order valence-corrected chi connectivity index (χ2v) is 3.20. The Labute approximate surface area is 117 Å². The van der Waals surface area contributed by atoms with Gasteiger partial charge in [-0.25, -0.2) is 9.37 Å². The molecule has 1 aromatic heterocycles. The van der Waals surface area contributed by atoms with Gasteiger partial charge in [-0.1, -0.05) is 18.2 Å². The van der Waals surface area contributed by atoms with Crippen LogP contribution in [-0.2, 0) is 6.54 Å². The van der Waals surface area contributed by atoms with Crippen molar-refractivity contribution in [3.05, 3.63) is 54.0 Å². The van der Waals surface area contributed by atoms with Crippen molar-refractivity contribution < 1.29 is 9.13 Å². The van der Waals surface area contributed by atoms with Crippen molar-refractivity contribution >= 4 is 24.8 Å². The molecule has 0 aliphatic carbocycles. The molecule has 0 aliphatic rings. The minimum atomic E-state index is -0.420. The van der Waals surface area contributed by atoms with Crippen molar-refractivity contribution in [2.45, 2.75) is 6.54 Å². The van der Waals surface area contributed by atoms with E-state index < -0.39 is 5.82 Å². The van der Waals surface area contributed by atoms with E-state index in [1.807, 2.05) is 0 Å². The van der Waals surface area contributed by atoms with Gasteiger partial charge in [-0.15, -0.1) is 24.8 Å². The lowest BCUT2D eigenvalue weighted by molar-refractivity contribution is 0.422. The second-order valence-electron chi connectivity index (χ2n) is 3.20. The molecule has 0 radical (unpaired) electrons. The highest BCUT2D eigenvalue weighted by atomic mass is 35.5. The number of ether oxygens (including phenoxy) is 1. The average molecular weight is 291 g/mol. The van der Waals surface area contributed by atoms with E-state index in [0.29, 0.717) is 12.4 Å². The highest BCUT2D eigenvalue weighted by Crippen LogP contribution is 2.24. The number of para-hydroxylation sites is 1. The highest BCUT2D eigenvalue weighted by molar-refractivity contribution is 5.85. The van der Waals surface area contributed by atoms with Crippen molar-refractivity contribution in [1.82, 2.24) is 4.98 Å². The van der Waals surface area contributed by atoms with Crippen LogP contribution in [0.25, 0.3) is 0 Å². The summed E-state index contributed by atoms with van der Waals surface area (Å²) in [5.74, 6) is 0.0714. The number of halogens is 3. The molecule has 98 valence electrons. The summed E-state index contributed by atoms with van der Waals surface area (Å²) in [5, 5.41) is 0. The van der Waals surface area contributed by atoms with Gasteiger partial charge in [0.25, 0.3) is 0 Å². The summed E-state index contributed by atoms with van der Waals surface area (Å²) in [7, 11) is 0. The number of hydrogen-bond acceptors (Lipinski definition) is 3. The van der Waals surface area contributed by atoms with Gasteiger partial charge in [0.1, 0.15) is 0 Å². The smallest absolute Gasteiger partial charge is 0.223 e. The van der Waals surface area contributed by atoms with Crippen molar-refractivity contribution in [3.8, 4) is 11.6 Å². The van der Waals surface area contributed by atoms with Crippen LogP contribution in [0.2, 0.25) is 0 Å². The minimum Gasteiger partial charge on any atom is -0.436 e. The molecule has 0 saturated carbocycles. The standard InChI is InChI=1S/C12H11FN2O.2ClH/c13-10-5-1-2-6-11(10)16-12-9(8-14)4-3-7-15-12;;/h1-7H,8,14H2;2*1H. The molecule has 0 aliphatic heterocycles. The Balaban J connectivity index is 0.00000144. The Morgan fingerprint density at radius 2 is 1.83 bits per heavy atom. The normalized spacial score (nSPS) is 9.00. The van der Waals surface area contributed by atoms with Crippen LogP contribution in [0.3, 0.4) is 0 Å². The van der Waals surface area contributed by atoms with Gasteiger partial charge < -0.3 is 10.5 Å². The third kappa shape index (κ3) is 3.84. The fourth-order valence-electron chi connectivity index (χ4n) is 1.30. The zero-order chi connectivity index (χ0) is 11.4. The SMILES string of the molecule is Cl.Cl.NCc1cccnc1Oc1ccccc1F. The summed E-state index contributed by atoms with van der Waals surface area (Å²) in [6, 6.07) is 9.73. The first-order valence-electron chi connectivity index (χ1n) is 4.87. The number of pyridine rings is 1. The summed E-state index contributed by atoms with van der Waals surface area (Å²) in [6.45, 7) is 0.303. The van der Waals surface area contributed by atoms with E-state index >= 15 is 0 Å². The Hall–Kier alpha value is -1.36. The Morgan fingerprint density at radius 3 is 2.50 bits per heavy atom. The van der Waals surface area contributed by atoms with E-state index in [0.717, 1.165) is 5.56 Å². The van der Waals surface area contributed by atoms with Gasteiger partial charge in [-0.3, -0.25) is 0 Å². The highest BCUT2D eigenvalue weighted by Gasteiger charge is 2.07. The third-order valence-electron chi connectivity index (χ3n) is 2.11. The van der Waals surface area contributed by atoms with E-state index in [1.54, 1.807) is 36.5 Å². The van der Waals surface area contributed by atoms with E-state index in [-0.39, 0.29) is 30.6 Å². The lowest BCUT2D eigenvalue weighted by Gasteiger charge is -2.08. The lowest BCUT2D eigenvalue weighted by Crippen LogP contribution is -2.01. The molecule has 0 saturated heterocycles. The number of rotatable bonds is 3. The van der Waals surface area contributed by atoms with E-state index in [9.17, 15) is 4.39 Å². The van der Waals surface area contributed by atoms with Gasteiger partial charge in [0.15, 0.2) is 11.6 Å². The van der Waals surface area contributed by atoms with Gasteiger partial charge in [0.2, 0.25) is 5.88 Å². The predicted molar refractivity (Wildman–Crippen MR) is 73.1 cm³/mol. The van der Waals surface area contributed by atoms with E-state index in [4.69, 9.17) is 10.5 Å². The van der Waals surface area contributed by atoms with Gasteiger partial charge in [0, 0.05) is 18.3 Å². The molecule has 1 heterocycles. The van der Waals surface area contributed by atoms with Crippen molar-refractivity contribution in [2.75, 3.05) is 0 Å². The largest absolute Gasteiger partial charge is 0.436 e. The van der Waals surface area contributed by atoms with Crippen molar-refractivity contribution in [1.29, 1.82) is 0 Å². The molecule has 0 amide bonds. The maximum Gasteiger partial charge on any atom is 0.223 e. The van der Waals surface area contributed by atoms with Crippen LogP contribution in [0.15, 0.2) is 42.6 Å². The van der Waals surface area contributed by atoms with Crippen LogP contribution in [0.1, 0.15) is 5.56 Å². The van der Waals surface area contributed by atoms with Crippen LogP contribution in [-0.4, -0.2) is 4.98 Å². The van der Waals surface area contributed by atoms with Crippen LogP contribution in [0.4, 0.5) is 4.39 Å². The third-order valence-corrected chi connectivity index (χ3v) is 2.11. The first kappa shape index (κ1) is 16.6. The summed E-state index contributed by atoms with van der Waals surface area (Å²) in [5.41, 5.74) is 6.27. The summed E-state index contributed by atoms with van der Waals surface area (Å²) < 4.78 is 18.7. The number of nitrogens with zero attached hydrogens (tertiary/aromatic N) is 1. The van der Waals surface area contributed by atoms with Crippen LogP contribution in [0, 0.1) is 5.82 Å². The number of hydrogen-bond donors (Lipinski definition) is 1. The topological polar surface area (TPSA) is 48.1 Å².